The molecule has 1 aliphatic heterocycles. The summed E-state index contributed by atoms with van der Waals surface area (Å²) in [7, 11) is 0. The lowest BCUT2D eigenvalue weighted by Gasteiger charge is -2.34. The molecule has 0 saturated carbocycles. The molecule has 0 radical (unpaired) electrons. The number of nitrogens with zero attached hydrogens (tertiary/aromatic N) is 2. The zero-order valence-corrected chi connectivity index (χ0v) is 15.6. The maximum Gasteiger partial charge on any atom is 0.409 e. The van der Waals surface area contributed by atoms with Crippen molar-refractivity contribution in [2.75, 3.05) is 39.4 Å². The number of aryl methyl sites for hydroxylation is 1. The van der Waals surface area contributed by atoms with Crippen molar-refractivity contribution in [3.8, 4) is 5.75 Å². The lowest BCUT2D eigenvalue weighted by molar-refractivity contribution is 0.0535. The molecule has 1 saturated heterocycles. The van der Waals surface area contributed by atoms with Crippen molar-refractivity contribution in [2.24, 2.45) is 5.92 Å². The highest BCUT2D eigenvalue weighted by Gasteiger charge is 2.26. The maximum absolute atomic E-state index is 12.7. The van der Waals surface area contributed by atoms with Gasteiger partial charge in [-0.25, -0.2) is 4.79 Å². The Bertz CT molecular complexity index is 607. The van der Waals surface area contributed by atoms with E-state index in [9.17, 15) is 9.59 Å². The summed E-state index contributed by atoms with van der Waals surface area (Å²) in [5.74, 6) is 1.10. The molecule has 1 fully saturated rings. The topological polar surface area (TPSA) is 59.1 Å². The van der Waals surface area contributed by atoms with E-state index in [2.05, 4.69) is 0 Å². The van der Waals surface area contributed by atoms with E-state index in [1.54, 1.807) is 15.9 Å². The summed E-state index contributed by atoms with van der Waals surface area (Å²) >= 11 is 0. The highest BCUT2D eigenvalue weighted by atomic mass is 16.6. The highest BCUT2D eigenvalue weighted by molar-refractivity contribution is 5.94. The van der Waals surface area contributed by atoms with Gasteiger partial charge in [-0.15, -0.1) is 0 Å². The first kappa shape index (κ1) is 19.1. The van der Waals surface area contributed by atoms with Crippen LogP contribution >= 0.6 is 0 Å². The summed E-state index contributed by atoms with van der Waals surface area (Å²) in [6.45, 7) is 10.9. The number of benzene rings is 1. The number of carbonyl (C=O) groups is 2. The average Bonchev–Trinajstić information content (AvgIpc) is 2.61. The van der Waals surface area contributed by atoms with Gasteiger partial charge in [0.15, 0.2) is 0 Å². The lowest BCUT2D eigenvalue weighted by atomic mass is 10.1. The fourth-order valence-electron chi connectivity index (χ4n) is 2.70. The second-order valence-electron chi connectivity index (χ2n) is 6.66. The molecule has 1 aliphatic rings. The summed E-state index contributed by atoms with van der Waals surface area (Å²) in [5.41, 5.74) is 1.60. The van der Waals surface area contributed by atoms with E-state index in [0.717, 1.165) is 11.3 Å². The summed E-state index contributed by atoms with van der Waals surface area (Å²) in [4.78, 5) is 28.1. The van der Waals surface area contributed by atoms with Crippen LogP contribution in [-0.4, -0.2) is 61.2 Å². The molecular weight excluding hydrogens is 320 g/mol. The van der Waals surface area contributed by atoms with E-state index in [1.165, 1.54) is 0 Å². The highest BCUT2D eigenvalue weighted by Crippen LogP contribution is 2.20. The van der Waals surface area contributed by atoms with Crippen LogP contribution < -0.4 is 4.74 Å². The molecule has 25 heavy (non-hydrogen) atoms. The molecule has 0 spiro atoms. The van der Waals surface area contributed by atoms with Crippen LogP contribution in [0.15, 0.2) is 18.2 Å². The van der Waals surface area contributed by atoms with Crippen molar-refractivity contribution >= 4 is 12.0 Å². The van der Waals surface area contributed by atoms with E-state index >= 15 is 0 Å². The van der Waals surface area contributed by atoms with Gasteiger partial charge in [-0.1, -0.05) is 13.8 Å². The summed E-state index contributed by atoms with van der Waals surface area (Å²) < 4.78 is 10.8. The molecule has 2 rings (SSSR count). The van der Waals surface area contributed by atoms with Gasteiger partial charge in [-0.2, -0.15) is 0 Å². The first-order valence-electron chi connectivity index (χ1n) is 8.86. The molecule has 6 nitrogen and oxygen atoms in total. The van der Waals surface area contributed by atoms with Crippen molar-refractivity contribution < 1.29 is 19.1 Å². The Kier molecular flexibility index (Phi) is 6.67. The number of ether oxygens (including phenoxy) is 2. The molecule has 0 N–H and O–H groups in total. The normalized spacial score (nSPS) is 14.6. The zero-order chi connectivity index (χ0) is 18.4. The third-order valence-corrected chi connectivity index (χ3v) is 4.09. The molecule has 0 unspecified atom stereocenters. The minimum atomic E-state index is -0.294. The van der Waals surface area contributed by atoms with Crippen LogP contribution in [0.4, 0.5) is 4.79 Å². The molecule has 0 atom stereocenters. The van der Waals surface area contributed by atoms with Gasteiger partial charge in [0.25, 0.3) is 5.91 Å². The Labute approximate surface area is 149 Å². The van der Waals surface area contributed by atoms with E-state index in [1.807, 2.05) is 39.8 Å². The van der Waals surface area contributed by atoms with Crippen LogP contribution in [-0.2, 0) is 4.74 Å². The molecule has 2 amide bonds. The number of hydrogen-bond acceptors (Lipinski definition) is 4. The molecule has 138 valence electrons. The van der Waals surface area contributed by atoms with Gasteiger partial charge in [-0.3, -0.25) is 4.79 Å². The molecule has 6 heteroatoms. The third-order valence-electron chi connectivity index (χ3n) is 4.09. The second-order valence-corrected chi connectivity index (χ2v) is 6.66. The minimum Gasteiger partial charge on any atom is -0.494 e. The Balaban J connectivity index is 1.91. The summed E-state index contributed by atoms with van der Waals surface area (Å²) in [6, 6.07) is 5.49. The van der Waals surface area contributed by atoms with Crippen molar-refractivity contribution in [2.45, 2.75) is 27.7 Å². The standard InChI is InChI=1S/C19H28N2O4/c1-5-24-17-7-6-16(12-15(17)4)18(22)20-8-10-21(11-9-20)19(23)25-13-14(2)3/h6-7,12,14H,5,8-11,13H2,1-4H3. The maximum atomic E-state index is 12.7. The van der Waals surface area contributed by atoms with Gasteiger partial charge < -0.3 is 19.3 Å². The molecule has 0 aromatic heterocycles. The number of hydrogen-bond donors (Lipinski definition) is 0. The number of amides is 2. The first-order valence-corrected chi connectivity index (χ1v) is 8.86. The van der Waals surface area contributed by atoms with Gasteiger partial charge >= 0.3 is 6.09 Å². The first-order chi connectivity index (χ1) is 11.9. The van der Waals surface area contributed by atoms with Gasteiger partial charge in [0, 0.05) is 31.7 Å². The van der Waals surface area contributed by atoms with E-state index < -0.39 is 0 Å². The van der Waals surface area contributed by atoms with Gasteiger partial charge in [0.2, 0.25) is 0 Å². The van der Waals surface area contributed by atoms with Crippen LogP contribution in [0.25, 0.3) is 0 Å². The lowest BCUT2D eigenvalue weighted by Crippen LogP contribution is -2.50. The van der Waals surface area contributed by atoms with Crippen molar-refractivity contribution in [3.05, 3.63) is 29.3 Å². The van der Waals surface area contributed by atoms with Crippen LogP contribution in [0.3, 0.4) is 0 Å². The fraction of sp³-hybridized carbons (Fsp3) is 0.579. The second kappa shape index (κ2) is 8.74. The number of carbonyl (C=O) groups excluding carboxylic acids is 2. The van der Waals surface area contributed by atoms with Crippen molar-refractivity contribution in [3.63, 3.8) is 0 Å². The molecule has 1 aromatic carbocycles. The molecular formula is C19H28N2O4. The predicted molar refractivity (Wildman–Crippen MR) is 96.0 cm³/mol. The largest absolute Gasteiger partial charge is 0.494 e. The van der Waals surface area contributed by atoms with Crippen molar-refractivity contribution in [1.82, 2.24) is 9.80 Å². The van der Waals surface area contributed by atoms with Crippen molar-refractivity contribution in [1.29, 1.82) is 0 Å². The van der Waals surface area contributed by atoms with Gasteiger partial charge in [-0.05, 0) is 43.5 Å². The third kappa shape index (κ3) is 5.11. The molecule has 1 aromatic rings. The minimum absolute atomic E-state index is 0.0126. The Morgan fingerprint density at radius 2 is 1.76 bits per heavy atom. The van der Waals surface area contributed by atoms with Crippen LogP contribution in [0.5, 0.6) is 5.75 Å². The number of rotatable bonds is 5. The zero-order valence-electron chi connectivity index (χ0n) is 15.6. The molecule has 0 bridgehead atoms. The summed E-state index contributed by atoms with van der Waals surface area (Å²) in [5, 5.41) is 0. The van der Waals surface area contributed by atoms with E-state index in [4.69, 9.17) is 9.47 Å². The van der Waals surface area contributed by atoms with Crippen LogP contribution in [0, 0.1) is 12.8 Å². The Hall–Kier alpha value is -2.24. The smallest absolute Gasteiger partial charge is 0.409 e. The fourth-order valence-corrected chi connectivity index (χ4v) is 2.70. The Morgan fingerprint density at radius 1 is 1.12 bits per heavy atom. The van der Waals surface area contributed by atoms with E-state index in [-0.39, 0.29) is 12.0 Å². The molecule has 1 heterocycles. The quantitative estimate of drug-likeness (QED) is 0.821. The molecule has 0 aliphatic carbocycles. The van der Waals surface area contributed by atoms with Crippen LogP contribution in [0.1, 0.15) is 36.7 Å². The average molecular weight is 348 g/mol. The van der Waals surface area contributed by atoms with Gasteiger partial charge in [0.05, 0.1) is 13.2 Å². The van der Waals surface area contributed by atoms with Crippen LogP contribution in [0.2, 0.25) is 0 Å². The Morgan fingerprint density at radius 3 is 2.32 bits per heavy atom. The van der Waals surface area contributed by atoms with Gasteiger partial charge in [0.1, 0.15) is 5.75 Å². The predicted octanol–water partition coefficient (Wildman–Crippen LogP) is 2.94. The SMILES string of the molecule is CCOc1ccc(C(=O)N2CCN(C(=O)OCC(C)C)CC2)cc1C. The van der Waals surface area contributed by atoms with E-state index in [0.29, 0.717) is 50.9 Å². The summed E-state index contributed by atoms with van der Waals surface area (Å²) in [6.07, 6.45) is -0.294. The number of piperazine rings is 1. The monoisotopic (exact) mass is 348 g/mol.